The lowest BCUT2D eigenvalue weighted by molar-refractivity contribution is -0.122. The summed E-state index contributed by atoms with van der Waals surface area (Å²) < 4.78 is 8.35. The van der Waals surface area contributed by atoms with Gasteiger partial charge in [-0.25, -0.2) is 4.98 Å². The van der Waals surface area contributed by atoms with Crippen LogP contribution in [0.25, 0.3) is 16.8 Å². The molecule has 0 N–H and O–H groups in total. The molecule has 0 radical (unpaired) electrons. The van der Waals surface area contributed by atoms with Gasteiger partial charge in [0.25, 0.3) is 5.56 Å². The second kappa shape index (κ2) is 10.2. The number of methoxy groups -OCH3 is 1. The molecule has 0 saturated carbocycles. The van der Waals surface area contributed by atoms with Gasteiger partial charge in [0.2, 0.25) is 0 Å². The largest absolute Gasteiger partial charge is 0.385 e. The fourth-order valence-corrected chi connectivity index (χ4v) is 4.32. The molecule has 9 heteroatoms. The van der Waals surface area contributed by atoms with Crippen LogP contribution in [0.1, 0.15) is 23.6 Å². The summed E-state index contributed by atoms with van der Waals surface area (Å²) in [4.78, 5) is 30.7. The Labute approximate surface area is 205 Å². The Morgan fingerprint density at radius 3 is 2.76 bits per heavy atom. The lowest BCUT2D eigenvalue weighted by Gasteiger charge is -2.20. The molecule has 0 amide bonds. The molecule has 0 saturated heterocycles. The smallest absolute Gasteiger partial charge is 0.251 e. The summed E-state index contributed by atoms with van der Waals surface area (Å²) in [6.45, 7) is 0.287. The molecule has 0 bridgehead atoms. The molecule has 172 valence electrons. The lowest BCUT2D eigenvalue weighted by atomic mass is 9.99. The molecule has 3 heterocycles. The monoisotopic (exact) mass is 494 g/mol. The average Bonchev–Trinajstić information content (AvgIpc) is 3.29. The molecule has 1 atom stereocenters. The van der Waals surface area contributed by atoms with E-state index in [-0.39, 0.29) is 23.8 Å². The van der Waals surface area contributed by atoms with Gasteiger partial charge >= 0.3 is 0 Å². The maximum Gasteiger partial charge on any atom is 0.251 e. The molecular weight excluding hydrogens is 475 g/mol. The number of benzene rings is 1. The highest BCUT2D eigenvalue weighted by Gasteiger charge is 2.23. The van der Waals surface area contributed by atoms with Crippen molar-refractivity contribution in [2.45, 2.75) is 18.9 Å². The van der Waals surface area contributed by atoms with E-state index in [4.69, 9.17) is 27.9 Å². The third-order valence-electron chi connectivity index (χ3n) is 5.56. The summed E-state index contributed by atoms with van der Waals surface area (Å²) in [5.74, 6) is -0.150. The van der Waals surface area contributed by atoms with E-state index in [1.807, 2.05) is 22.7 Å². The molecule has 34 heavy (non-hydrogen) atoms. The fourth-order valence-electron chi connectivity index (χ4n) is 3.88. The molecule has 0 fully saturated rings. The minimum atomic E-state index is -0.771. The Balaban J connectivity index is 1.70. The number of imidazole rings is 1. The molecule has 0 aliphatic heterocycles. The Bertz CT molecular complexity index is 1470. The van der Waals surface area contributed by atoms with Crippen molar-refractivity contribution in [2.75, 3.05) is 13.7 Å². The van der Waals surface area contributed by atoms with Crippen molar-refractivity contribution in [3.05, 3.63) is 92.7 Å². The number of rotatable bonds is 8. The second-order valence-corrected chi connectivity index (χ2v) is 8.60. The van der Waals surface area contributed by atoms with Crippen molar-refractivity contribution in [3.63, 3.8) is 0 Å². The van der Waals surface area contributed by atoms with Crippen LogP contribution in [0.2, 0.25) is 10.0 Å². The zero-order valence-corrected chi connectivity index (χ0v) is 19.8. The average molecular weight is 495 g/mol. The van der Waals surface area contributed by atoms with Gasteiger partial charge in [-0.1, -0.05) is 29.3 Å². The van der Waals surface area contributed by atoms with Crippen LogP contribution in [0, 0.1) is 11.3 Å². The van der Waals surface area contributed by atoms with Crippen molar-refractivity contribution in [3.8, 4) is 17.2 Å². The Kier molecular flexibility index (Phi) is 7.13. The zero-order valence-electron chi connectivity index (χ0n) is 18.2. The number of hydrogen-bond donors (Lipinski definition) is 0. The highest BCUT2D eigenvalue weighted by Crippen LogP contribution is 2.32. The van der Waals surface area contributed by atoms with Gasteiger partial charge in [-0.2, -0.15) is 5.26 Å². The number of ether oxygens (including phenoxy) is 1. The van der Waals surface area contributed by atoms with Crippen LogP contribution in [0.5, 0.6) is 0 Å². The predicted octanol–water partition coefficient (Wildman–Crippen LogP) is 4.73. The van der Waals surface area contributed by atoms with Gasteiger partial charge in [-0.15, -0.1) is 0 Å². The number of ketones is 1. The molecule has 0 aliphatic rings. The number of hydrogen-bond acceptors (Lipinski definition) is 5. The van der Waals surface area contributed by atoms with Crippen molar-refractivity contribution >= 4 is 34.6 Å². The first-order valence-corrected chi connectivity index (χ1v) is 11.2. The van der Waals surface area contributed by atoms with Crippen LogP contribution in [-0.4, -0.2) is 33.5 Å². The van der Waals surface area contributed by atoms with Crippen LogP contribution in [0.4, 0.5) is 0 Å². The van der Waals surface area contributed by atoms with Crippen molar-refractivity contribution in [2.24, 2.45) is 0 Å². The first-order valence-electron chi connectivity index (χ1n) is 10.5. The summed E-state index contributed by atoms with van der Waals surface area (Å²) in [7, 11) is 1.54. The maximum atomic E-state index is 13.3. The number of nitrogens with zero attached hydrogens (tertiary/aromatic N) is 4. The number of pyridine rings is 2. The summed E-state index contributed by atoms with van der Waals surface area (Å²) in [6, 6.07) is 11.1. The highest BCUT2D eigenvalue weighted by atomic mass is 35.5. The van der Waals surface area contributed by atoms with Crippen molar-refractivity contribution < 1.29 is 9.53 Å². The summed E-state index contributed by atoms with van der Waals surface area (Å²) in [5, 5.41) is 10.1. The Hall–Kier alpha value is -3.44. The molecule has 7 nitrogen and oxygen atoms in total. The number of fused-ring (bicyclic) bond motifs is 1. The van der Waals surface area contributed by atoms with Gasteiger partial charge in [0.15, 0.2) is 5.78 Å². The van der Waals surface area contributed by atoms with Gasteiger partial charge < -0.3 is 13.7 Å². The van der Waals surface area contributed by atoms with E-state index < -0.39 is 11.6 Å². The van der Waals surface area contributed by atoms with Crippen LogP contribution < -0.4 is 5.56 Å². The van der Waals surface area contributed by atoms with Gasteiger partial charge in [-0.3, -0.25) is 9.59 Å². The number of nitriles is 1. The minimum Gasteiger partial charge on any atom is -0.385 e. The number of carbonyl (C=O) groups excluding carboxylic acids is 1. The van der Waals surface area contributed by atoms with Crippen LogP contribution in [-0.2, 0) is 16.0 Å². The number of carbonyl (C=O) groups is 1. The standard InChI is InChI=1S/C25H20Cl2N4O3/c1-34-9-6-22(23(32)10-16-2-5-24-29-7-8-30(24)14-16)31-15-21(27)20(12-25(31)33)19-11-18(26)4-3-17(19)13-28/h2-5,7-8,11-12,14-15,22H,6,9-10H2,1H3. The van der Waals surface area contributed by atoms with Crippen LogP contribution in [0.15, 0.2) is 66.0 Å². The number of Topliss-reactive ketones (excluding diaryl/α,β-unsaturated/α-hetero) is 1. The van der Waals surface area contributed by atoms with E-state index in [1.165, 1.54) is 23.9 Å². The predicted molar refractivity (Wildman–Crippen MR) is 130 cm³/mol. The van der Waals surface area contributed by atoms with Crippen LogP contribution in [0.3, 0.4) is 0 Å². The zero-order chi connectivity index (χ0) is 24.2. The van der Waals surface area contributed by atoms with Crippen molar-refractivity contribution in [1.29, 1.82) is 5.26 Å². The molecule has 0 spiro atoms. The van der Waals surface area contributed by atoms with Crippen LogP contribution >= 0.6 is 23.2 Å². The topological polar surface area (TPSA) is 89.4 Å². The van der Waals surface area contributed by atoms with E-state index in [0.717, 1.165) is 11.2 Å². The summed E-state index contributed by atoms with van der Waals surface area (Å²) >= 11 is 12.7. The quantitative estimate of drug-likeness (QED) is 0.353. The van der Waals surface area contributed by atoms with Crippen molar-refractivity contribution in [1.82, 2.24) is 14.0 Å². The van der Waals surface area contributed by atoms with Gasteiger partial charge in [0, 0.05) is 67.1 Å². The Morgan fingerprint density at radius 1 is 1.18 bits per heavy atom. The van der Waals surface area contributed by atoms with Gasteiger partial charge in [0.05, 0.1) is 22.7 Å². The first kappa shape index (κ1) is 23.7. The van der Waals surface area contributed by atoms with E-state index in [1.54, 1.807) is 30.6 Å². The second-order valence-electron chi connectivity index (χ2n) is 7.75. The van der Waals surface area contributed by atoms with E-state index in [9.17, 15) is 14.9 Å². The van der Waals surface area contributed by atoms with Gasteiger partial charge in [-0.05, 0) is 36.2 Å². The van der Waals surface area contributed by atoms with E-state index in [0.29, 0.717) is 28.1 Å². The fraction of sp³-hybridized carbons (Fsp3) is 0.200. The molecular formula is C25H20Cl2N4O3. The van der Waals surface area contributed by atoms with Gasteiger partial charge in [0.1, 0.15) is 5.65 Å². The summed E-state index contributed by atoms with van der Waals surface area (Å²) in [6.07, 6.45) is 7.21. The number of aromatic nitrogens is 3. The molecule has 4 aromatic rings. The van der Waals surface area contributed by atoms with E-state index in [2.05, 4.69) is 11.1 Å². The Morgan fingerprint density at radius 2 is 2.00 bits per heavy atom. The molecule has 1 unspecified atom stereocenters. The third-order valence-corrected chi connectivity index (χ3v) is 6.09. The summed E-state index contributed by atoms with van der Waals surface area (Å²) in [5.41, 5.74) is 2.34. The van der Waals surface area contributed by atoms with E-state index >= 15 is 0 Å². The first-order chi connectivity index (χ1) is 16.4. The highest BCUT2D eigenvalue weighted by molar-refractivity contribution is 6.33. The molecule has 0 aliphatic carbocycles. The molecule has 1 aromatic carbocycles. The molecule has 4 rings (SSSR count). The third kappa shape index (κ3) is 4.90. The minimum absolute atomic E-state index is 0.126. The normalized spacial score (nSPS) is 11.9. The maximum absolute atomic E-state index is 13.3. The molecule has 3 aromatic heterocycles. The SMILES string of the molecule is COCCC(C(=O)Cc1ccc2nccn2c1)n1cc(Cl)c(-c2cc(Cl)ccc2C#N)cc1=O. The lowest BCUT2D eigenvalue weighted by Crippen LogP contribution is -2.31. The number of halogens is 2.